The minimum Gasteiger partial charge on any atom is -0.486 e. The third-order valence-electron chi connectivity index (χ3n) is 5.71. The molecule has 1 heterocycles. The van der Waals surface area contributed by atoms with E-state index in [4.69, 9.17) is 9.47 Å². The number of hydrogen-bond donors (Lipinski definition) is 0. The second kappa shape index (κ2) is 8.74. The lowest BCUT2D eigenvalue weighted by atomic mass is 9.95. The average molecular weight is 416 g/mol. The molecule has 0 N–H and O–H groups in total. The molecular formula is C23H26FNO3S. The molecule has 4 rings (SSSR count). The van der Waals surface area contributed by atoms with Crippen molar-refractivity contribution in [3.63, 3.8) is 0 Å². The van der Waals surface area contributed by atoms with Gasteiger partial charge in [0.05, 0.1) is 12.0 Å². The Kier molecular flexibility index (Phi) is 6.09. The van der Waals surface area contributed by atoms with E-state index in [0.29, 0.717) is 30.3 Å². The standard InChI is InChI=1S/C23H26FNO3S/c1-2-27-22(26)23(12-13-23)18-10-5-11-19(20(18)24)28-15-16-7-6-14-25-21(16)29-17-8-3-4-9-17/h5-7,10-11,14,17H,2-4,8-9,12-13,15H2,1H3. The molecule has 0 radical (unpaired) electrons. The van der Waals surface area contributed by atoms with Gasteiger partial charge in [-0.3, -0.25) is 4.79 Å². The van der Waals surface area contributed by atoms with Crippen LogP contribution >= 0.6 is 11.8 Å². The first-order valence-electron chi connectivity index (χ1n) is 10.3. The monoisotopic (exact) mass is 415 g/mol. The van der Waals surface area contributed by atoms with Gasteiger partial charge in [0.15, 0.2) is 11.6 Å². The summed E-state index contributed by atoms with van der Waals surface area (Å²) in [6, 6.07) is 8.87. The van der Waals surface area contributed by atoms with E-state index in [9.17, 15) is 4.79 Å². The zero-order valence-electron chi connectivity index (χ0n) is 16.7. The predicted octanol–water partition coefficient (Wildman–Crippen LogP) is 5.43. The number of hydrogen-bond acceptors (Lipinski definition) is 5. The van der Waals surface area contributed by atoms with E-state index in [2.05, 4.69) is 4.98 Å². The van der Waals surface area contributed by atoms with Crippen molar-refractivity contribution in [1.29, 1.82) is 0 Å². The fourth-order valence-corrected chi connectivity index (χ4v) is 5.21. The van der Waals surface area contributed by atoms with Crippen molar-refractivity contribution in [1.82, 2.24) is 4.98 Å². The molecule has 0 spiro atoms. The summed E-state index contributed by atoms with van der Waals surface area (Å²) < 4.78 is 26.2. The summed E-state index contributed by atoms with van der Waals surface area (Å²) in [6.07, 6.45) is 7.99. The lowest BCUT2D eigenvalue weighted by molar-refractivity contribution is -0.146. The Morgan fingerprint density at radius 1 is 1.24 bits per heavy atom. The molecule has 0 atom stereocenters. The highest BCUT2D eigenvalue weighted by atomic mass is 32.2. The molecule has 0 aliphatic heterocycles. The Hall–Kier alpha value is -2.08. The SMILES string of the molecule is CCOC(=O)C1(c2cccc(OCc3cccnc3SC3CCCC3)c2F)CC1. The van der Waals surface area contributed by atoms with Crippen LogP contribution in [0.1, 0.15) is 56.6 Å². The van der Waals surface area contributed by atoms with Crippen molar-refractivity contribution in [2.45, 2.75) is 67.7 Å². The Bertz CT molecular complexity index is 878. The number of esters is 1. The smallest absolute Gasteiger partial charge is 0.316 e. The predicted molar refractivity (Wildman–Crippen MR) is 111 cm³/mol. The number of thioether (sulfide) groups is 1. The Labute approximate surface area is 175 Å². The van der Waals surface area contributed by atoms with Crippen molar-refractivity contribution in [2.24, 2.45) is 0 Å². The maximum absolute atomic E-state index is 15.2. The molecule has 0 unspecified atom stereocenters. The van der Waals surface area contributed by atoms with Crippen LogP contribution < -0.4 is 4.74 Å². The molecule has 6 heteroatoms. The van der Waals surface area contributed by atoms with Crippen LogP contribution in [0.3, 0.4) is 0 Å². The highest BCUT2D eigenvalue weighted by Gasteiger charge is 2.54. The molecule has 2 aromatic rings. The fourth-order valence-electron chi connectivity index (χ4n) is 3.93. The molecule has 2 aliphatic carbocycles. The van der Waals surface area contributed by atoms with Gasteiger partial charge in [0.25, 0.3) is 0 Å². The second-order valence-corrected chi connectivity index (χ2v) is 8.99. The summed E-state index contributed by atoms with van der Waals surface area (Å²) in [6.45, 7) is 2.30. The molecule has 1 aromatic heterocycles. The second-order valence-electron chi connectivity index (χ2n) is 7.70. The van der Waals surface area contributed by atoms with Gasteiger partial charge in [0.1, 0.15) is 11.6 Å². The zero-order valence-corrected chi connectivity index (χ0v) is 17.5. The molecule has 2 fully saturated rings. The summed E-state index contributed by atoms with van der Waals surface area (Å²) in [4.78, 5) is 16.9. The van der Waals surface area contributed by atoms with E-state index >= 15 is 4.39 Å². The van der Waals surface area contributed by atoms with Gasteiger partial charge in [-0.25, -0.2) is 9.37 Å². The number of ether oxygens (including phenoxy) is 2. The van der Waals surface area contributed by atoms with Crippen LogP contribution in [0.15, 0.2) is 41.6 Å². The minimum atomic E-state index is -0.850. The summed E-state index contributed by atoms with van der Waals surface area (Å²) in [5.74, 6) is -0.649. The number of aromatic nitrogens is 1. The van der Waals surface area contributed by atoms with Gasteiger partial charge in [-0.1, -0.05) is 31.0 Å². The Morgan fingerprint density at radius 2 is 2.03 bits per heavy atom. The maximum atomic E-state index is 15.2. The number of rotatable bonds is 8. The summed E-state index contributed by atoms with van der Waals surface area (Å²) in [7, 11) is 0. The molecule has 2 aliphatic rings. The van der Waals surface area contributed by atoms with Crippen LogP contribution in [0.2, 0.25) is 0 Å². The minimum absolute atomic E-state index is 0.166. The first kappa shape index (κ1) is 20.2. The number of carbonyl (C=O) groups is 1. The van der Waals surface area contributed by atoms with Crippen molar-refractivity contribution < 1.29 is 18.7 Å². The number of halogens is 1. The number of nitrogens with zero attached hydrogens (tertiary/aromatic N) is 1. The van der Waals surface area contributed by atoms with Crippen LogP contribution in [-0.2, 0) is 21.6 Å². The van der Waals surface area contributed by atoms with Gasteiger partial charge in [-0.05, 0) is 44.7 Å². The molecule has 29 heavy (non-hydrogen) atoms. The summed E-state index contributed by atoms with van der Waals surface area (Å²) in [5, 5.41) is 1.56. The first-order valence-corrected chi connectivity index (χ1v) is 11.2. The van der Waals surface area contributed by atoms with Crippen LogP contribution in [-0.4, -0.2) is 22.8 Å². The van der Waals surface area contributed by atoms with Crippen molar-refractivity contribution >= 4 is 17.7 Å². The summed E-state index contributed by atoms with van der Waals surface area (Å²) >= 11 is 1.80. The Morgan fingerprint density at radius 3 is 2.76 bits per heavy atom. The third kappa shape index (κ3) is 4.27. The van der Waals surface area contributed by atoms with Gasteiger partial charge >= 0.3 is 5.97 Å². The molecule has 0 saturated heterocycles. The van der Waals surface area contributed by atoms with E-state index < -0.39 is 11.2 Å². The van der Waals surface area contributed by atoms with Crippen LogP contribution in [0.25, 0.3) is 0 Å². The van der Waals surface area contributed by atoms with Crippen molar-refractivity contribution in [2.75, 3.05) is 6.61 Å². The van der Waals surface area contributed by atoms with Gasteiger partial charge in [0, 0.05) is 22.6 Å². The lowest BCUT2D eigenvalue weighted by Crippen LogP contribution is -2.24. The topological polar surface area (TPSA) is 48.4 Å². The van der Waals surface area contributed by atoms with E-state index in [-0.39, 0.29) is 18.3 Å². The summed E-state index contributed by atoms with van der Waals surface area (Å²) in [5.41, 5.74) is 0.484. The van der Waals surface area contributed by atoms with Crippen molar-refractivity contribution in [3.05, 3.63) is 53.5 Å². The fraction of sp³-hybridized carbons (Fsp3) is 0.478. The molecule has 0 bridgehead atoms. The van der Waals surface area contributed by atoms with E-state index in [1.807, 2.05) is 12.1 Å². The molecule has 0 amide bonds. The van der Waals surface area contributed by atoms with E-state index in [1.54, 1.807) is 43.1 Å². The van der Waals surface area contributed by atoms with Gasteiger partial charge in [-0.2, -0.15) is 0 Å². The van der Waals surface area contributed by atoms with Crippen LogP contribution in [0, 0.1) is 5.82 Å². The maximum Gasteiger partial charge on any atom is 0.316 e. The average Bonchev–Trinajstić information content (AvgIpc) is 3.38. The number of benzene rings is 1. The quantitative estimate of drug-likeness (QED) is 0.538. The van der Waals surface area contributed by atoms with Crippen molar-refractivity contribution in [3.8, 4) is 5.75 Å². The third-order valence-corrected chi connectivity index (χ3v) is 7.10. The van der Waals surface area contributed by atoms with Crippen LogP contribution in [0.5, 0.6) is 5.75 Å². The molecule has 154 valence electrons. The normalized spacial score (nSPS) is 17.9. The molecular weight excluding hydrogens is 389 g/mol. The lowest BCUT2D eigenvalue weighted by Gasteiger charge is -2.17. The molecule has 2 saturated carbocycles. The molecule has 4 nitrogen and oxygen atoms in total. The van der Waals surface area contributed by atoms with Gasteiger partial charge in [-0.15, -0.1) is 11.8 Å². The van der Waals surface area contributed by atoms with Crippen LogP contribution in [0.4, 0.5) is 4.39 Å². The largest absolute Gasteiger partial charge is 0.486 e. The van der Waals surface area contributed by atoms with Gasteiger partial charge in [0.2, 0.25) is 0 Å². The highest BCUT2D eigenvalue weighted by molar-refractivity contribution is 7.99. The van der Waals surface area contributed by atoms with E-state index in [0.717, 1.165) is 10.6 Å². The van der Waals surface area contributed by atoms with E-state index in [1.165, 1.54) is 25.7 Å². The highest BCUT2D eigenvalue weighted by Crippen LogP contribution is 2.51. The number of carbonyl (C=O) groups excluding carboxylic acids is 1. The van der Waals surface area contributed by atoms with Gasteiger partial charge < -0.3 is 9.47 Å². The first-order chi connectivity index (χ1) is 14.1. The number of pyridine rings is 1. The Balaban J connectivity index is 1.49. The molecule has 1 aromatic carbocycles. The zero-order chi connectivity index (χ0) is 20.3.